The Morgan fingerprint density at radius 1 is 0.848 bits per heavy atom. The molecule has 3 atom stereocenters. The van der Waals surface area contributed by atoms with Crippen LogP contribution in [0.3, 0.4) is 0 Å². The third-order valence-electron chi connectivity index (χ3n) is 6.77. The van der Waals surface area contributed by atoms with Gasteiger partial charge < -0.3 is 14.2 Å². The van der Waals surface area contributed by atoms with E-state index in [0.717, 1.165) is 24.2 Å². The van der Waals surface area contributed by atoms with Gasteiger partial charge in [-0.3, -0.25) is 4.21 Å². The van der Waals surface area contributed by atoms with Gasteiger partial charge in [-0.05, 0) is 25.0 Å². The van der Waals surface area contributed by atoms with Crippen LogP contribution in [0, 0.1) is 0 Å². The minimum atomic E-state index is -1.04. The number of benzene rings is 1. The zero-order valence-electron chi connectivity index (χ0n) is 21.2. The molecule has 190 valence electrons. The van der Waals surface area contributed by atoms with E-state index >= 15 is 0 Å². The maximum Gasteiger partial charge on any atom is 0.147 e. The first-order valence-electron chi connectivity index (χ1n) is 13.4. The number of rotatable bonds is 22. The molecule has 0 radical (unpaired) electrons. The third-order valence-corrected chi connectivity index (χ3v) is 8.84. The summed E-state index contributed by atoms with van der Waals surface area (Å²) in [5.41, 5.74) is 0. The summed E-state index contributed by atoms with van der Waals surface area (Å²) in [7, 11) is 0.619. The summed E-state index contributed by atoms with van der Waals surface area (Å²) in [6.07, 6.45) is 19.4. The van der Waals surface area contributed by atoms with Gasteiger partial charge in [0.25, 0.3) is 0 Å². The van der Waals surface area contributed by atoms with Crippen LogP contribution in [-0.4, -0.2) is 42.2 Å². The molecule has 33 heavy (non-hydrogen) atoms. The SMILES string of the molecule is CCCCCCCCCCCCCCC[C@@]1(S(=O)c2ccccc2)C[C@H]1OCOCCOC. The predicted octanol–water partition coefficient (Wildman–Crippen LogP) is 7.42. The van der Waals surface area contributed by atoms with Gasteiger partial charge in [0.2, 0.25) is 0 Å². The second-order valence-electron chi connectivity index (χ2n) is 9.52. The van der Waals surface area contributed by atoms with Crippen molar-refractivity contribution in [3.8, 4) is 0 Å². The molecule has 1 saturated carbocycles. The second kappa shape index (κ2) is 17.7. The van der Waals surface area contributed by atoms with Crippen molar-refractivity contribution >= 4 is 10.8 Å². The van der Waals surface area contributed by atoms with Gasteiger partial charge in [-0.1, -0.05) is 109 Å². The molecule has 0 aromatic heterocycles. The molecule has 1 aromatic carbocycles. The first kappa shape index (κ1) is 28.5. The van der Waals surface area contributed by atoms with E-state index in [1.807, 2.05) is 30.3 Å². The fourth-order valence-electron chi connectivity index (χ4n) is 4.57. The van der Waals surface area contributed by atoms with Crippen molar-refractivity contribution in [3.63, 3.8) is 0 Å². The minimum Gasteiger partial charge on any atom is -0.382 e. The molecule has 1 aliphatic carbocycles. The first-order chi connectivity index (χ1) is 16.2. The zero-order valence-corrected chi connectivity index (χ0v) is 22.0. The van der Waals surface area contributed by atoms with Gasteiger partial charge >= 0.3 is 0 Å². The summed E-state index contributed by atoms with van der Waals surface area (Å²) in [6.45, 7) is 3.62. The lowest BCUT2D eigenvalue weighted by atomic mass is 10.0. The highest BCUT2D eigenvalue weighted by molar-refractivity contribution is 7.87. The van der Waals surface area contributed by atoms with E-state index in [2.05, 4.69) is 6.92 Å². The van der Waals surface area contributed by atoms with Gasteiger partial charge in [-0.15, -0.1) is 0 Å². The van der Waals surface area contributed by atoms with Crippen LogP contribution in [-0.2, 0) is 25.0 Å². The second-order valence-corrected chi connectivity index (χ2v) is 11.3. The van der Waals surface area contributed by atoms with E-state index in [-0.39, 0.29) is 17.6 Å². The Morgan fingerprint density at radius 3 is 2.00 bits per heavy atom. The normalized spacial score (nSPS) is 20.7. The van der Waals surface area contributed by atoms with Crippen LogP contribution >= 0.6 is 0 Å². The Morgan fingerprint density at radius 2 is 1.42 bits per heavy atom. The highest BCUT2D eigenvalue weighted by Crippen LogP contribution is 2.50. The Labute approximate surface area is 205 Å². The van der Waals surface area contributed by atoms with Crippen LogP contribution < -0.4 is 0 Å². The highest BCUT2D eigenvalue weighted by atomic mass is 32.2. The molecule has 0 spiro atoms. The van der Waals surface area contributed by atoms with E-state index in [9.17, 15) is 4.21 Å². The summed E-state index contributed by atoms with van der Waals surface area (Å²) < 4.78 is 29.6. The average Bonchev–Trinajstić information content (AvgIpc) is 3.55. The number of hydrogen-bond acceptors (Lipinski definition) is 4. The smallest absolute Gasteiger partial charge is 0.147 e. The molecule has 4 nitrogen and oxygen atoms in total. The third kappa shape index (κ3) is 11.0. The maximum absolute atomic E-state index is 13.4. The highest BCUT2D eigenvalue weighted by Gasteiger charge is 2.59. The molecule has 1 aromatic rings. The van der Waals surface area contributed by atoms with E-state index in [4.69, 9.17) is 14.2 Å². The average molecular weight is 481 g/mol. The molecule has 5 heteroatoms. The fourth-order valence-corrected chi connectivity index (χ4v) is 6.38. The molecule has 0 aliphatic heterocycles. The molecule has 0 N–H and O–H groups in total. The molecule has 1 fully saturated rings. The van der Waals surface area contributed by atoms with Crippen molar-refractivity contribution < 1.29 is 18.4 Å². The lowest BCUT2D eigenvalue weighted by Crippen LogP contribution is -2.24. The van der Waals surface area contributed by atoms with Gasteiger partial charge in [-0.25, -0.2) is 0 Å². The van der Waals surface area contributed by atoms with Crippen LogP contribution in [0.2, 0.25) is 0 Å². The van der Waals surface area contributed by atoms with Crippen LogP contribution in [0.4, 0.5) is 0 Å². The van der Waals surface area contributed by atoms with Crippen molar-refractivity contribution in [2.45, 2.75) is 119 Å². The zero-order chi connectivity index (χ0) is 23.6. The summed E-state index contributed by atoms with van der Waals surface area (Å²) in [4.78, 5) is 0.915. The van der Waals surface area contributed by atoms with Crippen LogP contribution in [0.25, 0.3) is 0 Å². The minimum absolute atomic E-state index is 0.0263. The van der Waals surface area contributed by atoms with E-state index in [1.165, 1.54) is 77.0 Å². The monoisotopic (exact) mass is 480 g/mol. The standard InChI is InChI=1S/C28H48O4S/c1-3-4-5-6-7-8-9-10-11-12-13-14-18-21-28(33(29)26-19-16-15-17-20-26)24-27(28)32-25-31-23-22-30-2/h15-17,19-20,27H,3-14,18,21-25H2,1-2H3/t27-,28-,33?/m1/s1. The first-order valence-corrected chi connectivity index (χ1v) is 14.5. The van der Waals surface area contributed by atoms with E-state index < -0.39 is 10.8 Å². The Bertz CT molecular complexity index is 624. The topological polar surface area (TPSA) is 44.8 Å². The van der Waals surface area contributed by atoms with Crippen molar-refractivity contribution in [2.24, 2.45) is 0 Å². The summed E-state index contributed by atoms with van der Waals surface area (Å²) >= 11 is 0. The number of unbranched alkanes of at least 4 members (excludes halogenated alkanes) is 12. The Kier molecular flexibility index (Phi) is 15.2. The van der Waals surface area contributed by atoms with Crippen molar-refractivity contribution in [1.82, 2.24) is 0 Å². The number of hydrogen-bond donors (Lipinski definition) is 0. The molecular formula is C28H48O4S. The molecular weight excluding hydrogens is 432 g/mol. The Hall–Kier alpha value is -0.750. The molecule has 0 saturated heterocycles. The van der Waals surface area contributed by atoms with Crippen LogP contribution in [0.1, 0.15) is 103 Å². The van der Waals surface area contributed by atoms with E-state index in [0.29, 0.717) is 13.2 Å². The summed E-state index contributed by atoms with van der Waals surface area (Å²) in [6, 6.07) is 9.87. The lowest BCUT2D eigenvalue weighted by Gasteiger charge is -2.17. The fraction of sp³-hybridized carbons (Fsp3) is 0.786. The quantitative estimate of drug-likeness (QED) is 0.128. The van der Waals surface area contributed by atoms with Crippen LogP contribution in [0.15, 0.2) is 35.2 Å². The van der Waals surface area contributed by atoms with Gasteiger partial charge in [0.15, 0.2) is 0 Å². The summed E-state index contributed by atoms with van der Waals surface area (Å²) in [5.74, 6) is 0. The molecule has 2 rings (SSSR count). The lowest BCUT2D eigenvalue weighted by molar-refractivity contribution is -0.0748. The van der Waals surface area contributed by atoms with Crippen molar-refractivity contribution in [3.05, 3.63) is 30.3 Å². The number of methoxy groups -OCH3 is 1. The van der Waals surface area contributed by atoms with Gasteiger partial charge in [0.1, 0.15) is 6.79 Å². The van der Waals surface area contributed by atoms with Crippen molar-refractivity contribution in [2.75, 3.05) is 27.1 Å². The van der Waals surface area contributed by atoms with Gasteiger partial charge in [0, 0.05) is 12.0 Å². The molecule has 0 amide bonds. The largest absolute Gasteiger partial charge is 0.382 e. The molecule has 0 heterocycles. The summed E-state index contributed by atoms with van der Waals surface area (Å²) in [5, 5.41) is 0. The molecule has 1 unspecified atom stereocenters. The van der Waals surface area contributed by atoms with Crippen LogP contribution in [0.5, 0.6) is 0 Å². The molecule has 0 bridgehead atoms. The van der Waals surface area contributed by atoms with Gasteiger partial charge in [0.05, 0.1) is 34.9 Å². The molecule has 1 aliphatic rings. The van der Waals surface area contributed by atoms with Crippen molar-refractivity contribution in [1.29, 1.82) is 0 Å². The Balaban J connectivity index is 1.62. The van der Waals surface area contributed by atoms with E-state index in [1.54, 1.807) is 7.11 Å². The number of ether oxygens (including phenoxy) is 3. The van der Waals surface area contributed by atoms with Gasteiger partial charge in [-0.2, -0.15) is 0 Å². The predicted molar refractivity (Wildman–Crippen MR) is 138 cm³/mol. The maximum atomic E-state index is 13.4.